The van der Waals surface area contributed by atoms with Gasteiger partial charge in [-0.25, -0.2) is 0 Å². The molecule has 0 spiro atoms. The topological polar surface area (TPSA) is 8.17 Å². The van der Waals surface area contributed by atoms with Crippen LogP contribution in [0.1, 0.15) is 22.3 Å². The predicted molar refractivity (Wildman–Crippen MR) is 291 cm³/mol. The van der Waals surface area contributed by atoms with Crippen LogP contribution in [0.4, 0.5) is 17.1 Å². The maximum absolute atomic E-state index is 2.50. The van der Waals surface area contributed by atoms with Crippen LogP contribution in [0, 0.1) is 0 Å². The van der Waals surface area contributed by atoms with Gasteiger partial charge in [-0.3, -0.25) is 0 Å². The summed E-state index contributed by atoms with van der Waals surface area (Å²) in [5.41, 5.74) is 16.2. The van der Waals surface area contributed by atoms with E-state index in [2.05, 4.69) is 276 Å². The summed E-state index contributed by atoms with van der Waals surface area (Å²) in [6.07, 6.45) is 0. The van der Waals surface area contributed by atoms with Crippen LogP contribution in [0.15, 0.2) is 267 Å². The predicted octanol–water partition coefficient (Wildman–Crippen LogP) is 17.7. The Labute approximate surface area is 401 Å². The van der Waals surface area contributed by atoms with Crippen LogP contribution in [0.2, 0.25) is 0 Å². The third kappa shape index (κ3) is 5.92. The van der Waals surface area contributed by atoms with Crippen LogP contribution >= 0.6 is 0 Å². The molecule has 322 valence electrons. The summed E-state index contributed by atoms with van der Waals surface area (Å²) in [7, 11) is 0. The second kappa shape index (κ2) is 15.6. The molecule has 0 saturated carbocycles. The first-order chi connectivity index (χ1) is 34.2. The number of hydrogen-bond donors (Lipinski definition) is 0. The van der Waals surface area contributed by atoms with Gasteiger partial charge in [0.25, 0.3) is 0 Å². The molecule has 0 unspecified atom stereocenters. The van der Waals surface area contributed by atoms with Gasteiger partial charge in [0.15, 0.2) is 0 Å². The fraction of sp³-hybridized carbons (Fsp3) is 0.0149. The molecule has 1 aliphatic carbocycles. The third-order valence-electron chi connectivity index (χ3n) is 14.8. The molecule has 14 rings (SSSR count). The van der Waals surface area contributed by atoms with Crippen LogP contribution < -0.4 is 4.90 Å². The van der Waals surface area contributed by atoms with E-state index < -0.39 is 5.41 Å². The molecule has 0 atom stereocenters. The minimum Gasteiger partial charge on any atom is -0.310 e. The van der Waals surface area contributed by atoms with Gasteiger partial charge in [0, 0.05) is 38.6 Å². The second-order valence-electron chi connectivity index (χ2n) is 18.4. The Balaban J connectivity index is 1.06. The number of benzene rings is 12. The average Bonchev–Trinajstić information content (AvgIpc) is 3.91. The molecule has 2 nitrogen and oxygen atoms in total. The van der Waals surface area contributed by atoms with E-state index in [0.29, 0.717) is 0 Å². The lowest BCUT2D eigenvalue weighted by molar-refractivity contribution is 0.769. The Morgan fingerprint density at radius 3 is 1.57 bits per heavy atom. The van der Waals surface area contributed by atoms with Gasteiger partial charge in [-0.1, -0.05) is 218 Å². The molecule has 1 aliphatic rings. The van der Waals surface area contributed by atoms with E-state index in [4.69, 9.17) is 0 Å². The molecule has 1 aromatic heterocycles. The molecule has 12 aromatic carbocycles. The normalized spacial score (nSPS) is 12.8. The molecule has 0 fully saturated rings. The van der Waals surface area contributed by atoms with Gasteiger partial charge in [0.1, 0.15) is 0 Å². The van der Waals surface area contributed by atoms with E-state index in [-0.39, 0.29) is 0 Å². The maximum Gasteiger partial charge on any atom is 0.0714 e. The highest BCUT2D eigenvalue weighted by Gasteiger charge is 2.46. The van der Waals surface area contributed by atoms with Gasteiger partial charge in [0.2, 0.25) is 0 Å². The number of anilines is 3. The van der Waals surface area contributed by atoms with E-state index in [1.54, 1.807) is 0 Å². The van der Waals surface area contributed by atoms with Gasteiger partial charge >= 0.3 is 0 Å². The largest absolute Gasteiger partial charge is 0.310 e. The van der Waals surface area contributed by atoms with Crippen LogP contribution in [-0.2, 0) is 5.41 Å². The number of aromatic nitrogens is 1. The van der Waals surface area contributed by atoms with Crippen LogP contribution in [0.5, 0.6) is 0 Å². The zero-order valence-corrected chi connectivity index (χ0v) is 37.8. The molecule has 69 heavy (non-hydrogen) atoms. The second-order valence-corrected chi connectivity index (χ2v) is 18.4. The third-order valence-corrected chi connectivity index (χ3v) is 14.8. The average molecular weight is 877 g/mol. The van der Waals surface area contributed by atoms with E-state index >= 15 is 0 Å². The number of rotatable bonds is 7. The molecule has 0 N–H and O–H groups in total. The van der Waals surface area contributed by atoms with Gasteiger partial charge in [-0.2, -0.15) is 0 Å². The molecule has 0 amide bonds. The van der Waals surface area contributed by atoms with Crippen molar-refractivity contribution in [2.45, 2.75) is 5.41 Å². The van der Waals surface area contributed by atoms with Crippen molar-refractivity contribution in [1.29, 1.82) is 0 Å². The van der Waals surface area contributed by atoms with Gasteiger partial charge < -0.3 is 9.47 Å². The molecule has 2 heteroatoms. The first-order valence-corrected chi connectivity index (χ1v) is 23.9. The summed E-state index contributed by atoms with van der Waals surface area (Å²) in [5, 5.41) is 9.81. The van der Waals surface area contributed by atoms with E-state index in [1.807, 2.05) is 0 Å². The highest BCUT2D eigenvalue weighted by molar-refractivity contribution is 6.19. The SMILES string of the molecule is c1ccc(-n2c3cc(N(c4ccc5c(c4)C(c4ccccc4)(c4ccccc4)c4cc(-c6cccc7ccccc67)ccc4-5)c4cccc5ccccc45)ccc3c3ccc4ccccc4c32)cc1. The Hall–Kier alpha value is -8.98. The van der Waals surface area contributed by atoms with Crippen molar-refractivity contribution in [3.63, 3.8) is 0 Å². The molecular weight excluding hydrogens is 833 g/mol. The summed E-state index contributed by atoms with van der Waals surface area (Å²) >= 11 is 0. The van der Waals surface area contributed by atoms with E-state index in [1.165, 1.54) is 93.1 Å². The van der Waals surface area contributed by atoms with Gasteiger partial charge in [0.05, 0.1) is 22.1 Å². The number of hydrogen-bond acceptors (Lipinski definition) is 1. The smallest absolute Gasteiger partial charge is 0.0714 e. The Morgan fingerprint density at radius 1 is 0.319 bits per heavy atom. The molecule has 0 saturated heterocycles. The quantitative estimate of drug-likeness (QED) is 0.155. The number of para-hydroxylation sites is 1. The van der Waals surface area contributed by atoms with E-state index in [0.717, 1.165) is 28.3 Å². The standard InChI is InChI=1S/C67H44N2/c1-4-23-49(24-5-1)67(50-25-6-2-7-26-50)62-42-48(55-32-16-21-45-18-10-13-29-54(45)55)35-38-58(62)59-40-36-52(43-63(59)67)68(64-33-17-22-46-19-11-14-30-56(46)64)53-37-41-60-61-39-34-47-20-12-15-31-57(47)66(61)69(65(60)44-53)51-27-8-3-9-28-51/h1-44H. The summed E-state index contributed by atoms with van der Waals surface area (Å²) < 4.78 is 2.47. The van der Waals surface area contributed by atoms with Gasteiger partial charge in [-0.15, -0.1) is 0 Å². The van der Waals surface area contributed by atoms with Crippen molar-refractivity contribution in [2.24, 2.45) is 0 Å². The fourth-order valence-corrected chi connectivity index (χ4v) is 11.8. The first kappa shape index (κ1) is 39.2. The summed E-state index contributed by atoms with van der Waals surface area (Å²) in [6.45, 7) is 0. The van der Waals surface area contributed by atoms with Crippen molar-refractivity contribution >= 4 is 71.2 Å². The molecule has 0 aliphatic heterocycles. The summed E-state index contributed by atoms with van der Waals surface area (Å²) in [5.74, 6) is 0. The lowest BCUT2D eigenvalue weighted by Gasteiger charge is -2.35. The highest BCUT2D eigenvalue weighted by Crippen LogP contribution is 2.58. The zero-order valence-electron chi connectivity index (χ0n) is 37.8. The monoisotopic (exact) mass is 876 g/mol. The Morgan fingerprint density at radius 2 is 0.841 bits per heavy atom. The maximum atomic E-state index is 2.50. The molecular formula is C67H44N2. The first-order valence-electron chi connectivity index (χ1n) is 23.9. The summed E-state index contributed by atoms with van der Waals surface area (Å²) in [6, 6.07) is 99.0. The lowest BCUT2D eigenvalue weighted by Crippen LogP contribution is -2.28. The Bertz CT molecular complexity index is 4080. The molecule has 0 radical (unpaired) electrons. The van der Waals surface area contributed by atoms with E-state index in [9.17, 15) is 0 Å². The summed E-state index contributed by atoms with van der Waals surface area (Å²) in [4.78, 5) is 2.50. The van der Waals surface area contributed by atoms with Gasteiger partial charge in [-0.05, 0) is 115 Å². The minimum absolute atomic E-state index is 0.626. The highest BCUT2D eigenvalue weighted by atomic mass is 15.1. The minimum atomic E-state index is -0.626. The van der Waals surface area contributed by atoms with Crippen LogP contribution in [0.3, 0.4) is 0 Å². The Kier molecular flexibility index (Phi) is 8.84. The lowest BCUT2D eigenvalue weighted by atomic mass is 9.67. The van der Waals surface area contributed by atoms with Crippen LogP contribution in [0.25, 0.3) is 82.1 Å². The molecule has 13 aromatic rings. The number of nitrogens with zero attached hydrogens (tertiary/aromatic N) is 2. The van der Waals surface area contributed by atoms with Crippen molar-refractivity contribution in [3.8, 4) is 27.9 Å². The fourth-order valence-electron chi connectivity index (χ4n) is 11.8. The number of fused-ring (bicyclic) bond motifs is 10. The molecule has 0 bridgehead atoms. The zero-order chi connectivity index (χ0) is 45.5. The van der Waals surface area contributed by atoms with Crippen molar-refractivity contribution in [3.05, 3.63) is 289 Å². The molecule has 1 heterocycles. The van der Waals surface area contributed by atoms with Crippen molar-refractivity contribution in [1.82, 2.24) is 4.57 Å². The van der Waals surface area contributed by atoms with Crippen molar-refractivity contribution in [2.75, 3.05) is 4.90 Å². The van der Waals surface area contributed by atoms with Crippen LogP contribution in [-0.4, -0.2) is 4.57 Å². The van der Waals surface area contributed by atoms with Crippen molar-refractivity contribution < 1.29 is 0 Å².